The third-order valence-corrected chi connectivity index (χ3v) is 4.83. The largest absolute Gasteiger partial charge is 0.0622 e. The first-order valence-corrected chi connectivity index (χ1v) is 8.80. The van der Waals surface area contributed by atoms with Gasteiger partial charge in [-0.05, 0) is 62.6 Å². The van der Waals surface area contributed by atoms with Gasteiger partial charge in [-0.1, -0.05) is 78.6 Å². The van der Waals surface area contributed by atoms with Crippen LogP contribution in [-0.4, -0.2) is 0 Å². The molecule has 0 aliphatic carbocycles. The Labute approximate surface area is 152 Å². The summed E-state index contributed by atoms with van der Waals surface area (Å²) in [7, 11) is 0. The molecule has 0 amide bonds. The van der Waals surface area contributed by atoms with Crippen LogP contribution < -0.4 is 0 Å². The molecule has 5 rings (SSSR count). The van der Waals surface area contributed by atoms with Crippen LogP contribution in [0.2, 0.25) is 0 Å². The molecule has 0 radical (unpaired) electrons. The summed E-state index contributed by atoms with van der Waals surface area (Å²) in [5.74, 6) is 6.80. The highest BCUT2D eigenvalue weighted by molar-refractivity contribution is 6.09. The molecule has 0 heterocycles. The van der Waals surface area contributed by atoms with Crippen molar-refractivity contribution in [2.75, 3.05) is 0 Å². The van der Waals surface area contributed by atoms with Crippen LogP contribution in [-0.2, 0) is 0 Å². The number of hydrogen-bond acceptors (Lipinski definition) is 0. The zero-order valence-corrected chi connectivity index (χ0v) is 14.2. The van der Waals surface area contributed by atoms with E-state index in [1.165, 1.54) is 32.3 Å². The minimum atomic E-state index is 1.04. The minimum absolute atomic E-state index is 1.04. The molecule has 26 heavy (non-hydrogen) atoms. The lowest BCUT2D eigenvalue weighted by Crippen LogP contribution is -1.86. The summed E-state index contributed by atoms with van der Waals surface area (Å²) in [6.45, 7) is 0. The Morgan fingerprint density at radius 3 is 1.85 bits per heavy atom. The maximum absolute atomic E-state index is 3.46. The van der Waals surface area contributed by atoms with Gasteiger partial charge in [-0.3, -0.25) is 0 Å². The van der Waals surface area contributed by atoms with Gasteiger partial charge in [0, 0.05) is 11.1 Å². The standard InChI is InChI=1S/C26H16/c1-2-8-19(9-3-1)14-15-25-24-13-7-6-12-22(24)17-23-16-20-10-4-5-11-21(20)18-26(23)25/h1-13,16-18H. The van der Waals surface area contributed by atoms with E-state index in [9.17, 15) is 0 Å². The fourth-order valence-electron chi connectivity index (χ4n) is 3.55. The van der Waals surface area contributed by atoms with Crippen molar-refractivity contribution in [2.45, 2.75) is 0 Å². The van der Waals surface area contributed by atoms with Gasteiger partial charge in [-0.25, -0.2) is 0 Å². The summed E-state index contributed by atoms with van der Waals surface area (Å²) in [5, 5.41) is 7.40. The van der Waals surface area contributed by atoms with Crippen molar-refractivity contribution in [1.82, 2.24) is 0 Å². The van der Waals surface area contributed by atoms with Gasteiger partial charge in [0.15, 0.2) is 0 Å². The van der Waals surface area contributed by atoms with Gasteiger partial charge in [0.05, 0.1) is 0 Å². The van der Waals surface area contributed by atoms with E-state index in [2.05, 4.69) is 90.7 Å². The molecule has 0 aliphatic heterocycles. The van der Waals surface area contributed by atoms with Crippen LogP contribution in [0.15, 0.2) is 97.1 Å². The summed E-state index contributed by atoms with van der Waals surface area (Å²) in [4.78, 5) is 0. The van der Waals surface area contributed by atoms with Crippen molar-refractivity contribution < 1.29 is 0 Å². The summed E-state index contributed by atoms with van der Waals surface area (Å²) >= 11 is 0. The van der Waals surface area contributed by atoms with Gasteiger partial charge < -0.3 is 0 Å². The normalized spacial score (nSPS) is 10.8. The van der Waals surface area contributed by atoms with Crippen LogP contribution in [0.4, 0.5) is 0 Å². The molecule has 0 aliphatic rings. The van der Waals surface area contributed by atoms with Crippen molar-refractivity contribution in [3.63, 3.8) is 0 Å². The van der Waals surface area contributed by atoms with Crippen molar-refractivity contribution in [1.29, 1.82) is 0 Å². The maximum Gasteiger partial charge on any atom is 0.0406 e. The van der Waals surface area contributed by atoms with E-state index in [0.717, 1.165) is 11.1 Å². The molecule has 5 aromatic carbocycles. The highest BCUT2D eigenvalue weighted by atomic mass is 14.1. The highest BCUT2D eigenvalue weighted by Crippen LogP contribution is 2.31. The van der Waals surface area contributed by atoms with Gasteiger partial charge in [-0.15, -0.1) is 0 Å². The topological polar surface area (TPSA) is 0 Å². The Balaban J connectivity index is 1.88. The number of hydrogen-bond donors (Lipinski definition) is 0. The quantitative estimate of drug-likeness (QED) is 0.223. The smallest absolute Gasteiger partial charge is 0.0406 e. The third kappa shape index (κ3) is 2.51. The lowest BCUT2D eigenvalue weighted by Gasteiger charge is -2.09. The Morgan fingerprint density at radius 2 is 1.04 bits per heavy atom. The predicted molar refractivity (Wildman–Crippen MR) is 111 cm³/mol. The van der Waals surface area contributed by atoms with E-state index < -0.39 is 0 Å². The number of benzene rings is 5. The summed E-state index contributed by atoms with van der Waals surface area (Å²) in [5.41, 5.74) is 2.14. The van der Waals surface area contributed by atoms with Crippen LogP contribution in [0.1, 0.15) is 11.1 Å². The Hall–Kier alpha value is -3.56. The fourth-order valence-corrected chi connectivity index (χ4v) is 3.55. The first-order valence-electron chi connectivity index (χ1n) is 8.80. The highest BCUT2D eigenvalue weighted by Gasteiger charge is 2.07. The molecule has 0 spiro atoms. The van der Waals surface area contributed by atoms with E-state index in [1.54, 1.807) is 0 Å². The number of rotatable bonds is 0. The first kappa shape index (κ1) is 14.8. The molecule has 0 heteroatoms. The average molecular weight is 328 g/mol. The lowest BCUT2D eigenvalue weighted by atomic mass is 9.94. The van der Waals surface area contributed by atoms with Crippen molar-refractivity contribution in [2.24, 2.45) is 0 Å². The molecule has 0 nitrogen and oxygen atoms in total. The molecule has 0 fully saturated rings. The summed E-state index contributed by atoms with van der Waals surface area (Å²) in [6.07, 6.45) is 0. The van der Waals surface area contributed by atoms with E-state index in [0.29, 0.717) is 0 Å². The fraction of sp³-hybridized carbons (Fsp3) is 0. The molecular formula is C26H16. The predicted octanol–water partition coefficient (Wildman–Crippen LogP) is 6.55. The second-order valence-electron chi connectivity index (χ2n) is 6.51. The van der Waals surface area contributed by atoms with Gasteiger partial charge in [0.25, 0.3) is 0 Å². The van der Waals surface area contributed by atoms with Crippen LogP contribution in [0.25, 0.3) is 32.3 Å². The van der Waals surface area contributed by atoms with Crippen molar-refractivity contribution in [3.05, 3.63) is 108 Å². The molecule has 0 unspecified atom stereocenters. The molecule has 0 atom stereocenters. The van der Waals surface area contributed by atoms with Crippen molar-refractivity contribution in [3.8, 4) is 11.8 Å². The second kappa shape index (κ2) is 6.06. The lowest BCUT2D eigenvalue weighted by molar-refractivity contribution is 1.65. The van der Waals surface area contributed by atoms with Gasteiger partial charge in [0.2, 0.25) is 0 Å². The Kier molecular flexibility index (Phi) is 3.44. The summed E-state index contributed by atoms with van der Waals surface area (Å²) in [6, 6.07) is 34.0. The Bertz CT molecular complexity index is 1310. The van der Waals surface area contributed by atoms with Crippen LogP contribution in [0.5, 0.6) is 0 Å². The van der Waals surface area contributed by atoms with Gasteiger partial charge >= 0.3 is 0 Å². The van der Waals surface area contributed by atoms with E-state index in [1.807, 2.05) is 18.2 Å². The maximum atomic E-state index is 3.46. The zero-order chi connectivity index (χ0) is 17.3. The average Bonchev–Trinajstić information content (AvgIpc) is 2.70. The molecule has 0 aromatic heterocycles. The SMILES string of the molecule is C(#Cc1c2ccccc2cc2cc3ccccc3cc12)c1ccccc1. The van der Waals surface area contributed by atoms with E-state index in [-0.39, 0.29) is 0 Å². The molecule has 0 saturated carbocycles. The van der Waals surface area contributed by atoms with Crippen LogP contribution >= 0.6 is 0 Å². The number of fused-ring (bicyclic) bond motifs is 3. The minimum Gasteiger partial charge on any atom is -0.0622 e. The monoisotopic (exact) mass is 328 g/mol. The van der Waals surface area contributed by atoms with Gasteiger partial charge in [-0.2, -0.15) is 0 Å². The van der Waals surface area contributed by atoms with E-state index >= 15 is 0 Å². The van der Waals surface area contributed by atoms with E-state index in [4.69, 9.17) is 0 Å². The van der Waals surface area contributed by atoms with Crippen LogP contribution in [0.3, 0.4) is 0 Å². The molecule has 0 saturated heterocycles. The molecule has 120 valence electrons. The van der Waals surface area contributed by atoms with Crippen molar-refractivity contribution >= 4 is 32.3 Å². The van der Waals surface area contributed by atoms with Gasteiger partial charge in [0.1, 0.15) is 0 Å². The zero-order valence-electron chi connectivity index (χ0n) is 14.2. The molecule has 5 aromatic rings. The third-order valence-electron chi connectivity index (χ3n) is 4.83. The molecule has 0 N–H and O–H groups in total. The summed E-state index contributed by atoms with van der Waals surface area (Å²) < 4.78 is 0. The molecular weight excluding hydrogens is 312 g/mol. The Morgan fingerprint density at radius 1 is 0.423 bits per heavy atom. The van der Waals surface area contributed by atoms with Crippen LogP contribution in [0, 0.1) is 11.8 Å². The second-order valence-corrected chi connectivity index (χ2v) is 6.51. The first-order chi connectivity index (χ1) is 12.9. The molecule has 0 bridgehead atoms.